The van der Waals surface area contributed by atoms with Crippen LogP contribution in [-0.2, 0) is 6.54 Å². The van der Waals surface area contributed by atoms with Crippen molar-refractivity contribution in [3.63, 3.8) is 0 Å². The number of benzene rings is 1. The summed E-state index contributed by atoms with van der Waals surface area (Å²) >= 11 is 0. The normalized spacial score (nSPS) is 12.1. The molecule has 0 aliphatic carbocycles. The van der Waals surface area contributed by atoms with Crippen molar-refractivity contribution in [3.8, 4) is 0 Å². The highest BCUT2D eigenvalue weighted by atomic mass is 15.0. The second-order valence-corrected chi connectivity index (χ2v) is 6.25. The first-order valence-electron chi connectivity index (χ1n) is 6.93. The minimum atomic E-state index is 0.209. The van der Waals surface area contributed by atoms with Gasteiger partial charge in [-0.1, -0.05) is 38.1 Å². The van der Waals surface area contributed by atoms with Crippen molar-refractivity contribution in [1.82, 2.24) is 10.6 Å². The summed E-state index contributed by atoms with van der Waals surface area (Å²) in [5.41, 5.74) is 2.98. The fourth-order valence-corrected chi connectivity index (χ4v) is 1.78. The average Bonchev–Trinajstić information content (AvgIpc) is 2.27. The number of nitrogens with one attached hydrogen (secondary N) is 2. The molecule has 0 radical (unpaired) electrons. The Bertz CT molecular complexity index is 333. The van der Waals surface area contributed by atoms with Crippen molar-refractivity contribution in [2.24, 2.45) is 0 Å². The third-order valence-corrected chi connectivity index (χ3v) is 2.93. The molecule has 18 heavy (non-hydrogen) atoms. The van der Waals surface area contributed by atoms with Crippen molar-refractivity contribution < 1.29 is 0 Å². The lowest BCUT2D eigenvalue weighted by Crippen LogP contribution is -2.40. The van der Waals surface area contributed by atoms with Crippen LogP contribution in [0.3, 0.4) is 0 Å². The van der Waals surface area contributed by atoms with Crippen molar-refractivity contribution in [1.29, 1.82) is 0 Å². The Labute approximate surface area is 112 Å². The van der Waals surface area contributed by atoms with Gasteiger partial charge < -0.3 is 10.6 Å². The van der Waals surface area contributed by atoms with Gasteiger partial charge in [0.15, 0.2) is 0 Å². The monoisotopic (exact) mass is 248 g/mol. The van der Waals surface area contributed by atoms with Gasteiger partial charge in [0.25, 0.3) is 0 Å². The van der Waals surface area contributed by atoms with Gasteiger partial charge in [-0.15, -0.1) is 0 Å². The molecule has 0 aromatic heterocycles. The Hall–Kier alpha value is -0.860. The van der Waals surface area contributed by atoms with E-state index in [2.05, 4.69) is 69.5 Å². The smallest absolute Gasteiger partial charge is 0.0206 e. The lowest BCUT2D eigenvalue weighted by Gasteiger charge is -2.20. The summed E-state index contributed by atoms with van der Waals surface area (Å²) in [6, 6.07) is 8.91. The molecule has 1 rings (SSSR count). The largest absolute Gasteiger partial charge is 0.311 e. The van der Waals surface area contributed by atoms with Gasteiger partial charge in [-0.25, -0.2) is 0 Å². The van der Waals surface area contributed by atoms with Crippen LogP contribution >= 0.6 is 0 Å². The maximum absolute atomic E-state index is 3.47. The molecule has 0 spiro atoms. The highest BCUT2D eigenvalue weighted by molar-refractivity contribution is 5.24. The second kappa shape index (κ2) is 6.91. The maximum Gasteiger partial charge on any atom is 0.0206 e. The van der Waals surface area contributed by atoms with Crippen LogP contribution in [0.2, 0.25) is 0 Å². The molecule has 0 unspecified atom stereocenters. The fraction of sp³-hybridized carbons (Fsp3) is 0.625. The zero-order valence-electron chi connectivity index (χ0n) is 12.5. The van der Waals surface area contributed by atoms with E-state index in [1.165, 1.54) is 11.1 Å². The van der Waals surface area contributed by atoms with Gasteiger partial charge in [0.1, 0.15) is 0 Å². The van der Waals surface area contributed by atoms with Gasteiger partial charge in [0.2, 0.25) is 0 Å². The highest BCUT2D eigenvalue weighted by Gasteiger charge is 2.06. The molecular formula is C16H28N2. The van der Waals surface area contributed by atoms with Gasteiger partial charge in [0, 0.05) is 25.2 Å². The summed E-state index contributed by atoms with van der Waals surface area (Å²) < 4.78 is 0. The Morgan fingerprint density at radius 2 is 1.61 bits per heavy atom. The van der Waals surface area contributed by atoms with E-state index in [4.69, 9.17) is 0 Å². The molecule has 0 amide bonds. The Kier molecular flexibility index (Phi) is 5.83. The molecule has 1 aromatic carbocycles. The standard InChI is InChI=1S/C16H28N2/c1-13(2)15-8-6-14(7-9-15)12-17-10-11-18-16(3,4)5/h6-9,13,17-18H,10-12H2,1-5H3. The maximum atomic E-state index is 3.47. The van der Waals surface area contributed by atoms with Crippen LogP contribution < -0.4 is 10.6 Å². The fourth-order valence-electron chi connectivity index (χ4n) is 1.78. The van der Waals surface area contributed by atoms with E-state index in [0.29, 0.717) is 5.92 Å². The first kappa shape index (κ1) is 15.2. The number of hydrogen-bond donors (Lipinski definition) is 2. The van der Waals surface area contributed by atoms with Crippen molar-refractivity contribution in [2.45, 2.75) is 52.6 Å². The predicted molar refractivity (Wildman–Crippen MR) is 80.0 cm³/mol. The van der Waals surface area contributed by atoms with E-state index in [1.807, 2.05) is 0 Å². The molecule has 0 bridgehead atoms. The summed E-state index contributed by atoms with van der Waals surface area (Å²) in [6.45, 7) is 14.0. The molecule has 0 saturated carbocycles. The van der Waals surface area contributed by atoms with Crippen LogP contribution in [0.5, 0.6) is 0 Å². The Morgan fingerprint density at radius 1 is 1.00 bits per heavy atom. The molecule has 0 aliphatic rings. The molecular weight excluding hydrogens is 220 g/mol. The van der Waals surface area contributed by atoms with Crippen molar-refractivity contribution in [3.05, 3.63) is 35.4 Å². The molecule has 1 aromatic rings. The van der Waals surface area contributed by atoms with Crippen LogP contribution in [0, 0.1) is 0 Å². The lowest BCUT2D eigenvalue weighted by molar-refractivity contribution is 0.421. The summed E-state index contributed by atoms with van der Waals surface area (Å²) in [5.74, 6) is 0.614. The van der Waals surface area contributed by atoms with Crippen LogP contribution in [0.25, 0.3) is 0 Å². The van der Waals surface area contributed by atoms with Crippen molar-refractivity contribution in [2.75, 3.05) is 13.1 Å². The summed E-state index contributed by atoms with van der Waals surface area (Å²) in [7, 11) is 0. The second-order valence-electron chi connectivity index (χ2n) is 6.25. The third-order valence-electron chi connectivity index (χ3n) is 2.93. The zero-order valence-corrected chi connectivity index (χ0v) is 12.5. The molecule has 2 N–H and O–H groups in total. The number of rotatable bonds is 6. The molecule has 0 heterocycles. The molecule has 102 valence electrons. The van der Waals surface area contributed by atoms with E-state index in [1.54, 1.807) is 0 Å². The first-order chi connectivity index (χ1) is 8.38. The average molecular weight is 248 g/mol. The Balaban J connectivity index is 2.23. The van der Waals surface area contributed by atoms with Gasteiger partial charge in [-0.2, -0.15) is 0 Å². The molecule has 0 aliphatic heterocycles. The minimum Gasteiger partial charge on any atom is -0.311 e. The van der Waals surface area contributed by atoms with Gasteiger partial charge in [-0.3, -0.25) is 0 Å². The van der Waals surface area contributed by atoms with Crippen LogP contribution in [-0.4, -0.2) is 18.6 Å². The zero-order chi connectivity index (χ0) is 13.6. The SMILES string of the molecule is CC(C)c1ccc(CNCCNC(C)(C)C)cc1. The number of hydrogen-bond acceptors (Lipinski definition) is 2. The van der Waals surface area contributed by atoms with Gasteiger partial charge in [0.05, 0.1) is 0 Å². The molecule has 0 saturated heterocycles. The van der Waals surface area contributed by atoms with Crippen LogP contribution in [0.4, 0.5) is 0 Å². The summed E-state index contributed by atoms with van der Waals surface area (Å²) in [5, 5.41) is 6.93. The highest BCUT2D eigenvalue weighted by Crippen LogP contribution is 2.14. The van der Waals surface area contributed by atoms with Crippen LogP contribution in [0.15, 0.2) is 24.3 Å². The first-order valence-corrected chi connectivity index (χ1v) is 6.93. The lowest BCUT2D eigenvalue weighted by atomic mass is 10.0. The Morgan fingerprint density at radius 3 is 2.11 bits per heavy atom. The molecule has 0 fully saturated rings. The summed E-state index contributed by atoms with van der Waals surface area (Å²) in [6.07, 6.45) is 0. The van der Waals surface area contributed by atoms with Crippen molar-refractivity contribution >= 4 is 0 Å². The van der Waals surface area contributed by atoms with E-state index < -0.39 is 0 Å². The van der Waals surface area contributed by atoms with Gasteiger partial charge in [-0.05, 0) is 37.8 Å². The quantitative estimate of drug-likeness (QED) is 0.755. The minimum absolute atomic E-state index is 0.209. The predicted octanol–water partition coefficient (Wildman–Crippen LogP) is 3.29. The van der Waals surface area contributed by atoms with E-state index >= 15 is 0 Å². The van der Waals surface area contributed by atoms with Gasteiger partial charge >= 0.3 is 0 Å². The molecule has 2 heteroatoms. The van der Waals surface area contributed by atoms with E-state index in [0.717, 1.165) is 19.6 Å². The third kappa shape index (κ3) is 6.18. The van der Waals surface area contributed by atoms with E-state index in [9.17, 15) is 0 Å². The topological polar surface area (TPSA) is 24.1 Å². The van der Waals surface area contributed by atoms with E-state index in [-0.39, 0.29) is 5.54 Å². The summed E-state index contributed by atoms with van der Waals surface area (Å²) in [4.78, 5) is 0. The van der Waals surface area contributed by atoms with Crippen LogP contribution in [0.1, 0.15) is 51.7 Å². The molecule has 0 atom stereocenters. The molecule has 2 nitrogen and oxygen atoms in total.